The van der Waals surface area contributed by atoms with Gasteiger partial charge in [0.15, 0.2) is 0 Å². The molecule has 1 aliphatic rings. The number of nitrogens with zero attached hydrogens (tertiary/aromatic N) is 1. The first-order chi connectivity index (χ1) is 16.5. The summed E-state index contributed by atoms with van der Waals surface area (Å²) in [6.07, 6.45) is 0. The molecule has 1 aliphatic heterocycles. The first-order valence-corrected chi connectivity index (χ1v) is 10.9. The van der Waals surface area contributed by atoms with E-state index in [-0.39, 0.29) is 11.3 Å². The summed E-state index contributed by atoms with van der Waals surface area (Å²) in [6.45, 7) is 4.35. The van der Waals surface area contributed by atoms with Crippen LogP contribution < -0.4 is 24.4 Å². The second kappa shape index (κ2) is 9.70. The van der Waals surface area contributed by atoms with Crippen LogP contribution >= 0.6 is 0 Å². The predicted octanol–water partition coefficient (Wildman–Crippen LogP) is 4.81. The van der Waals surface area contributed by atoms with Crippen molar-refractivity contribution in [1.82, 2.24) is 0 Å². The molecule has 0 radical (unpaired) electrons. The van der Waals surface area contributed by atoms with Crippen molar-refractivity contribution in [1.29, 1.82) is 0 Å². The number of imide groups is 1. The van der Waals surface area contributed by atoms with Crippen molar-refractivity contribution in [3.05, 3.63) is 83.6 Å². The predicted molar refractivity (Wildman–Crippen MR) is 131 cm³/mol. The monoisotopic (exact) mass is 458 g/mol. The van der Waals surface area contributed by atoms with Gasteiger partial charge in [-0.3, -0.25) is 9.59 Å². The van der Waals surface area contributed by atoms with Gasteiger partial charge in [-0.05, 0) is 61.9 Å². The zero-order valence-corrected chi connectivity index (χ0v) is 19.5. The van der Waals surface area contributed by atoms with Crippen LogP contribution in [0.2, 0.25) is 0 Å². The van der Waals surface area contributed by atoms with Crippen molar-refractivity contribution in [2.45, 2.75) is 13.8 Å². The van der Waals surface area contributed by atoms with Crippen LogP contribution in [0.15, 0.2) is 72.4 Å². The third-order valence-corrected chi connectivity index (χ3v) is 5.48. The van der Waals surface area contributed by atoms with Gasteiger partial charge in [0.1, 0.15) is 22.9 Å². The highest BCUT2D eigenvalue weighted by atomic mass is 16.5. The van der Waals surface area contributed by atoms with E-state index in [2.05, 4.69) is 5.32 Å². The summed E-state index contributed by atoms with van der Waals surface area (Å²) in [5, 5.41) is 3.18. The zero-order valence-electron chi connectivity index (χ0n) is 19.5. The number of aryl methyl sites for hydroxylation is 1. The van der Waals surface area contributed by atoms with Gasteiger partial charge in [-0.25, -0.2) is 4.90 Å². The maximum Gasteiger partial charge on any atom is 0.282 e. The Bertz CT molecular complexity index is 1260. The van der Waals surface area contributed by atoms with Crippen molar-refractivity contribution >= 4 is 28.8 Å². The fourth-order valence-electron chi connectivity index (χ4n) is 3.89. The molecule has 0 fully saturated rings. The van der Waals surface area contributed by atoms with Gasteiger partial charge < -0.3 is 19.5 Å². The van der Waals surface area contributed by atoms with Crippen molar-refractivity contribution < 1.29 is 23.8 Å². The van der Waals surface area contributed by atoms with E-state index in [1.807, 2.05) is 38.1 Å². The maximum absolute atomic E-state index is 13.7. The Morgan fingerprint density at radius 3 is 2.24 bits per heavy atom. The molecule has 0 saturated carbocycles. The SMILES string of the molecule is CCOc1ccc(N2C(=O)C(Nc3cc(C)ccc3OC)=C(c3ccccc3OC)C2=O)cc1. The van der Waals surface area contributed by atoms with Crippen LogP contribution in [0.5, 0.6) is 17.2 Å². The summed E-state index contributed by atoms with van der Waals surface area (Å²) >= 11 is 0. The molecule has 34 heavy (non-hydrogen) atoms. The number of hydrogen-bond donors (Lipinski definition) is 1. The number of rotatable bonds is 8. The van der Waals surface area contributed by atoms with E-state index in [0.717, 1.165) is 10.5 Å². The summed E-state index contributed by atoms with van der Waals surface area (Å²) in [6, 6.07) is 19.6. The average Bonchev–Trinajstić information content (AvgIpc) is 3.09. The molecule has 0 unspecified atom stereocenters. The van der Waals surface area contributed by atoms with Gasteiger partial charge >= 0.3 is 0 Å². The Hall–Kier alpha value is -4.26. The Morgan fingerprint density at radius 2 is 1.56 bits per heavy atom. The van der Waals surface area contributed by atoms with E-state index >= 15 is 0 Å². The minimum Gasteiger partial charge on any atom is -0.496 e. The summed E-state index contributed by atoms with van der Waals surface area (Å²) in [7, 11) is 3.08. The first kappa shape index (κ1) is 22.9. The van der Waals surface area contributed by atoms with E-state index in [4.69, 9.17) is 14.2 Å². The van der Waals surface area contributed by atoms with E-state index < -0.39 is 11.8 Å². The number of benzene rings is 3. The third-order valence-electron chi connectivity index (χ3n) is 5.48. The molecular weight excluding hydrogens is 432 g/mol. The number of carbonyl (C=O) groups excluding carboxylic acids is 2. The Kier molecular flexibility index (Phi) is 6.54. The van der Waals surface area contributed by atoms with Gasteiger partial charge in [0.2, 0.25) is 0 Å². The number of para-hydroxylation sites is 1. The van der Waals surface area contributed by atoms with Crippen LogP contribution in [0.3, 0.4) is 0 Å². The molecule has 174 valence electrons. The number of amides is 2. The maximum atomic E-state index is 13.7. The molecule has 3 aromatic carbocycles. The number of hydrogen-bond acceptors (Lipinski definition) is 6. The van der Waals surface area contributed by atoms with Crippen LogP contribution in [0.25, 0.3) is 5.57 Å². The molecule has 7 nitrogen and oxygen atoms in total. The molecule has 1 heterocycles. The number of anilines is 2. The minimum atomic E-state index is -0.473. The Labute approximate surface area is 198 Å². The highest BCUT2D eigenvalue weighted by Crippen LogP contribution is 2.39. The molecule has 1 N–H and O–H groups in total. The summed E-state index contributed by atoms with van der Waals surface area (Å²) in [5.74, 6) is 0.775. The molecule has 3 aromatic rings. The van der Waals surface area contributed by atoms with E-state index in [0.29, 0.717) is 40.8 Å². The van der Waals surface area contributed by atoms with E-state index in [1.165, 1.54) is 7.11 Å². The zero-order chi connectivity index (χ0) is 24.2. The molecule has 0 bridgehead atoms. The van der Waals surface area contributed by atoms with Crippen molar-refractivity contribution in [3.63, 3.8) is 0 Å². The van der Waals surface area contributed by atoms with Crippen molar-refractivity contribution in [2.75, 3.05) is 31.0 Å². The normalized spacial score (nSPS) is 13.4. The van der Waals surface area contributed by atoms with Crippen LogP contribution in [0.1, 0.15) is 18.1 Å². The fourth-order valence-corrected chi connectivity index (χ4v) is 3.89. The molecule has 0 spiro atoms. The molecule has 0 aromatic heterocycles. The highest BCUT2D eigenvalue weighted by Gasteiger charge is 2.41. The highest BCUT2D eigenvalue weighted by molar-refractivity contribution is 6.46. The van der Waals surface area contributed by atoms with Gasteiger partial charge in [-0.1, -0.05) is 24.3 Å². The van der Waals surface area contributed by atoms with Gasteiger partial charge in [-0.15, -0.1) is 0 Å². The van der Waals surface area contributed by atoms with Crippen LogP contribution in [0.4, 0.5) is 11.4 Å². The second-order valence-corrected chi connectivity index (χ2v) is 7.65. The van der Waals surface area contributed by atoms with Crippen molar-refractivity contribution in [2.24, 2.45) is 0 Å². The molecule has 0 atom stereocenters. The molecule has 7 heteroatoms. The Balaban J connectivity index is 1.84. The number of carbonyl (C=O) groups is 2. The van der Waals surface area contributed by atoms with Crippen LogP contribution in [-0.2, 0) is 9.59 Å². The number of nitrogens with one attached hydrogen (secondary N) is 1. The molecule has 2 amide bonds. The lowest BCUT2D eigenvalue weighted by Crippen LogP contribution is -2.32. The third kappa shape index (κ3) is 4.20. The van der Waals surface area contributed by atoms with E-state index in [1.54, 1.807) is 49.6 Å². The average molecular weight is 459 g/mol. The summed E-state index contributed by atoms with van der Waals surface area (Å²) in [5.41, 5.74) is 2.89. The lowest BCUT2D eigenvalue weighted by molar-refractivity contribution is -0.120. The molecule has 0 aliphatic carbocycles. The molecule has 0 saturated heterocycles. The lowest BCUT2D eigenvalue weighted by atomic mass is 10.0. The first-order valence-electron chi connectivity index (χ1n) is 10.9. The quantitative estimate of drug-likeness (QED) is 0.489. The van der Waals surface area contributed by atoms with Crippen LogP contribution in [0, 0.1) is 6.92 Å². The summed E-state index contributed by atoms with van der Waals surface area (Å²) < 4.78 is 16.5. The number of methoxy groups -OCH3 is 2. The minimum absolute atomic E-state index is 0.146. The largest absolute Gasteiger partial charge is 0.496 e. The van der Waals surface area contributed by atoms with Crippen molar-refractivity contribution in [3.8, 4) is 17.2 Å². The second-order valence-electron chi connectivity index (χ2n) is 7.65. The smallest absolute Gasteiger partial charge is 0.282 e. The van der Waals surface area contributed by atoms with Gasteiger partial charge in [0, 0.05) is 5.56 Å². The lowest BCUT2D eigenvalue weighted by Gasteiger charge is -2.16. The number of ether oxygens (including phenoxy) is 3. The van der Waals surface area contributed by atoms with Gasteiger partial charge in [0.25, 0.3) is 11.8 Å². The van der Waals surface area contributed by atoms with Gasteiger partial charge in [-0.2, -0.15) is 0 Å². The van der Waals surface area contributed by atoms with Gasteiger partial charge in [0.05, 0.1) is 37.8 Å². The molecular formula is C27H26N2O5. The topological polar surface area (TPSA) is 77.1 Å². The van der Waals surface area contributed by atoms with Crippen LogP contribution in [-0.4, -0.2) is 32.6 Å². The summed E-state index contributed by atoms with van der Waals surface area (Å²) in [4.78, 5) is 28.5. The standard InChI is InChI=1S/C27H26N2O5/c1-5-34-19-13-11-18(12-14-19)29-26(30)24(20-8-6-7-9-22(20)32-3)25(27(29)31)28-21-16-17(2)10-15-23(21)33-4/h6-16,28H,5H2,1-4H3. The Morgan fingerprint density at radius 1 is 0.853 bits per heavy atom. The molecule has 4 rings (SSSR count). The van der Waals surface area contributed by atoms with E-state index in [9.17, 15) is 9.59 Å². The fraction of sp³-hybridized carbons (Fsp3) is 0.185.